The molecular formula is C25H24N2O4. The van der Waals surface area contributed by atoms with Crippen LogP contribution in [0.3, 0.4) is 0 Å². The van der Waals surface area contributed by atoms with E-state index in [1.165, 1.54) is 18.3 Å². The maximum Gasteiger partial charge on any atom is 0.190 e. The van der Waals surface area contributed by atoms with Crippen molar-refractivity contribution in [1.29, 1.82) is 0 Å². The Morgan fingerprint density at radius 1 is 0.935 bits per heavy atom. The molecule has 0 saturated heterocycles. The fraction of sp³-hybridized carbons (Fsp3) is 0.120. The molecule has 2 heterocycles. The second-order valence-electron chi connectivity index (χ2n) is 7.04. The summed E-state index contributed by atoms with van der Waals surface area (Å²) in [6.45, 7) is 3.60. The number of hydrogen-bond acceptors (Lipinski definition) is 5. The molecule has 0 amide bonds. The van der Waals surface area contributed by atoms with Crippen molar-refractivity contribution in [3.63, 3.8) is 0 Å². The van der Waals surface area contributed by atoms with Crippen LogP contribution in [0.15, 0.2) is 102 Å². The molecule has 1 aliphatic carbocycles. The number of ether oxygens (including phenoxy) is 1. The van der Waals surface area contributed by atoms with Crippen LogP contribution in [0.25, 0.3) is 11.1 Å². The molecule has 158 valence electrons. The van der Waals surface area contributed by atoms with E-state index in [2.05, 4.69) is 0 Å². The minimum atomic E-state index is 0.00336. The van der Waals surface area contributed by atoms with Gasteiger partial charge in [0.25, 0.3) is 0 Å². The fourth-order valence-electron chi connectivity index (χ4n) is 3.00. The average molecular weight is 416 g/mol. The number of carbonyl (C=O) groups is 1. The lowest BCUT2D eigenvalue weighted by Crippen LogP contribution is -2.28. The molecule has 2 aliphatic rings. The molecule has 6 heteroatoms. The molecular weight excluding hydrogens is 392 g/mol. The number of carbonyl (C=O) groups excluding carboxylic acids is 1. The Morgan fingerprint density at radius 3 is 2.19 bits per heavy atom. The summed E-state index contributed by atoms with van der Waals surface area (Å²) in [5.74, 6) is 0.832. The molecule has 0 fully saturated rings. The summed E-state index contributed by atoms with van der Waals surface area (Å²) >= 11 is 0. The number of ketones is 1. The lowest BCUT2D eigenvalue weighted by Gasteiger charge is -2.17. The Balaban J connectivity index is 0.000000176. The molecule has 1 aromatic carbocycles. The lowest BCUT2D eigenvalue weighted by molar-refractivity contribution is -0.612. The maximum atomic E-state index is 11.2. The number of nitrogens with zero attached hydrogens (tertiary/aromatic N) is 2. The highest BCUT2D eigenvalue weighted by Crippen LogP contribution is 2.22. The Kier molecular flexibility index (Phi) is 6.85. The number of allylic oxidation sites excluding steroid dienone is 9. The quantitative estimate of drug-likeness (QED) is 0.580. The van der Waals surface area contributed by atoms with E-state index in [0.29, 0.717) is 5.69 Å². The molecule has 31 heavy (non-hydrogen) atoms. The van der Waals surface area contributed by atoms with E-state index in [4.69, 9.17) is 4.74 Å². The van der Waals surface area contributed by atoms with Crippen LogP contribution in [0.2, 0.25) is 0 Å². The van der Waals surface area contributed by atoms with Gasteiger partial charge in [0.15, 0.2) is 17.7 Å². The number of hydroxylamine groups is 2. The van der Waals surface area contributed by atoms with Gasteiger partial charge in [-0.25, -0.2) is 5.06 Å². The van der Waals surface area contributed by atoms with E-state index in [0.717, 1.165) is 43.5 Å². The van der Waals surface area contributed by atoms with E-state index < -0.39 is 0 Å². The first-order valence-electron chi connectivity index (χ1n) is 9.70. The van der Waals surface area contributed by atoms with Crippen molar-refractivity contribution in [3.05, 3.63) is 113 Å². The molecule has 0 saturated carbocycles. The number of aromatic nitrogens is 1. The van der Waals surface area contributed by atoms with Crippen LogP contribution in [0.1, 0.15) is 12.6 Å². The van der Waals surface area contributed by atoms with E-state index in [1.807, 2.05) is 49.4 Å². The largest absolute Gasteiger partial charge is 0.619 e. The molecule has 4 rings (SSSR count). The molecule has 0 radical (unpaired) electrons. The third-order valence-corrected chi connectivity index (χ3v) is 4.83. The second-order valence-corrected chi connectivity index (χ2v) is 7.04. The van der Waals surface area contributed by atoms with Gasteiger partial charge in [-0.1, -0.05) is 24.3 Å². The maximum absolute atomic E-state index is 11.2. The van der Waals surface area contributed by atoms with Crippen LogP contribution in [0.5, 0.6) is 5.75 Å². The van der Waals surface area contributed by atoms with E-state index in [1.54, 1.807) is 38.5 Å². The van der Waals surface area contributed by atoms with Crippen molar-refractivity contribution in [2.24, 2.45) is 0 Å². The van der Waals surface area contributed by atoms with Gasteiger partial charge in [-0.15, -0.1) is 0 Å². The topological polar surface area (TPSA) is 76.7 Å². The van der Waals surface area contributed by atoms with Gasteiger partial charge in [0, 0.05) is 31.0 Å². The second kappa shape index (κ2) is 9.73. The number of benzene rings is 1. The Hall–Kier alpha value is -3.90. The Labute approximate surface area is 181 Å². The zero-order valence-corrected chi connectivity index (χ0v) is 17.6. The molecule has 0 spiro atoms. The minimum absolute atomic E-state index is 0.00336. The van der Waals surface area contributed by atoms with Crippen LogP contribution < -0.4 is 9.47 Å². The van der Waals surface area contributed by atoms with Crippen LogP contribution >= 0.6 is 0 Å². The highest BCUT2D eigenvalue weighted by molar-refractivity contribution is 6.01. The summed E-state index contributed by atoms with van der Waals surface area (Å²) in [4.78, 5) is 10.9. The minimum Gasteiger partial charge on any atom is -0.619 e. The lowest BCUT2D eigenvalue weighted by atomic mass is 10.0. The molecule has 6 nitrogen and oxygen atoms in total. The monoisotopic (exact) mass is 416 g/mol. The van der Waals surface area contributed by atoms with Gasteiger partial charge >= 0.3 is 0 Å². The van der Waals surface area contributed by atoms with Gasteiger partial charge in [-0.3, -0.25) is 10.0 Å². The molecule has 2 aromatic rings. The predicted molar refractivity (Wildman–Crippen MR) is 119 cm³/mol. The van der Waals surface area contributed by atoms with Gasteiger partial charge in [-0.05, 0) is 65.6 Å². The van der Waals surface area contributed by atoms with E-state index in [-0.39, 0.29) is 5.78 Å². The van der Waals surface area contributed by atoms with Crippen LogP contribution in [0, 0.1) is 12.1 Å². The Morgan fingerprint density at radius 2 is 1.61 bits per heavy atom. The standard InChI is InChI=1S/C13H13NO2.C12H11NO2/c1-10-9-12(7-8-14(10)15)11-3-5-13(16-2)6-4-11;1-9-8-11(6-7-13(9)15)10-2-4-12(14)5-3-10/h3-9H,1-2H3;2-8,15H,1H3. The summed E-state index contributed by atoms with van der Waals surface area (Å²) in [7, 11) is 1.64. The number of hydrogen-bond donors (Lipinski definition) is 1. The number of methoxy groups -OCH3 is 1. The molecule has 0 unspecified atom stereocenters. The van der Waals surface area contributed by atoms with Gasteiger partial charge in [-0.2, -0.15) is 4.73 Å². The van der Waals surface area contributed by atoms with E-state index in [9.17, 15) is 15.2 Å². The van der Waals surface area contributed by atoms with Gasteiger partial charge in [0.2, 0.25) is 0 Å². The van der Waals surface area contributed by atoms with Crippen LogP contribution in [0.4, 0.5) is 0 Å². The van der Waals surface area contributed by atoms with Crippen molar-refractivity contribution in [1.82, 2.24) is 5.06 Å². The SMILES string of the molecule is CC1=CC(=C2C=CC(=O)C=C2)C=CN1O.COc1ccc(-c2cc[n+]([O-])c(C)c2)cc1. The summed E-state index contributed by atoms with van der Waals surface area (Å²) in [6, 6.07) is 11.4. The first kappa shape index (κ1) is 21.8. The number of aryl methyl sites for hydroxylation is 1. The van der Waals surface area contributed by atoms with Crippen molar-refractivity contribution in [2.45, 2.75) is 13.8 Å². The average Bonchev–Trinajstić information content (AvgIpc) is 2.79. The number of rotatable bonds is 2. The van der Waals surface area contributed by atoms with Crippen molar-refractivity contribution in [3.8, 4) is 16.9 Å². The molecule has 1 aliphatic heterocycles. The summed E-state index contributed by atoms with van der Waals surface area (Å²) in [6.07, 6.45) is 13.4. The molecule has 1 aromatic heterocycles. The third kappa shape index (κ3) is 5.58. The highest BCUT2D eigenvalue weighted by atomic mass is 16.5. The fourth-order valence-corrected chi connectivity index (χ4v) is 3.00. The Bertz CT molecular complexity index is 1100. The van der Waals surface area contributed by atoms with Gasteiger partial charge in [0.05, 0.1) is 7.11 Å². The third-order valence-electron chi connectivity index (χ3n) is 4.83. The first-order valence-corrected chi connectivity index (χ1v) is 9.70. The molecule has 0 bridgehead atoms. The van der Waals surface area contributed by atoms with Gasteiger partial charge in [0.1, 0.15) is 5.75 Å². The normalized spacial score (nSPS) is 14.9. The molecule has 0 atom stereocenters. The zero-order valence-electron chi connectivity index (χ0n) is 17.6. The van der Waals surface area contributed by atoms with Crippen LogP contribution in [-0.4, -0.2) is 23.2 Å². The smallest absolute Gasteiger partial charge is 0.190 e. The van der Waals surface area contributed by atoms with Gasteiger partial charge < -0.3 is 9.94 Å². The summed E-state index contributed by atoms with van der Waals surface area (Å²) in [5, 5.41) is 21.6. The summed E-state index contributed by atoms with van der Waals surface area (Å²) in [5.41, 5.74) is 5.50. The molecule has 1 N–H and O–H groups in total. The summed E-state index contributed by atoms with van der Waals surface area (Å²) < 4.78 is 5.95. The first-order chi connectivity index (χ1) is 14.9. The van der Waals surface area contributed by atoms with Crippen molar-refractivity contribution < 1.29 is 19.5 Å². The predicted octanol–water partition coefficient (Wildman–Crippen LogP) is 4.40. The highest BCUT2D eigenvalue weighted by Gasteiger charge is 2.08. The van der Waals surface area contributed by atoms with Crippen molar-refractivity contribution in [2.75, 3.05) is 7.11 Å². The van der Waals surface area contributed by atoms with Crippen LogP contribution in [-0.2, 0) is 4.79 Å². The van der Waals surface area contributed by atoms with E-state index >= 15 is 0 Å². The number of pyridine rings is 1. The zero-order chi connectivity index (χ0) is 22.4. The van der Waals surface area contributed by atoms with Crippen molar-refractivity contribution >= 4 is 5.78 Å².